The molecule has 1 heterocycles. The number of amides is 1. The fourth-order valence-electron chi connectivity index (χ4n) is 4.30. The highest BCUT2D eigenvalue weighted by atomic mass is 32.1. The zero-order valence-corrected chi connectivity index (χ0v) is 22.1. The van der Waals surface area contributed by atoms with Gasteiger partial charge in [0.1, 0.15) is 5.75 Å². The predicted molar refractivity (Wildman–Crippen MR) is 155 cm³/mol. The zero-order valence-electron chi connectivity index (χ0n) is 21.3. The molecular formula is C31H29N3O3S. The lowest BCUT2D eigenvalue weighted by atomic mass is 10.1. The highest BCUT2D eigenvalue weighted by Gasteiger charge is 2.09. The van der Waals surface area contributed by atoms with E-state index in [1.165, 1.54) is 11.1 Å². The van der Waals surface area contributed by atoms with Crippen LogP contribution in [-0.4, -0.2) is 29.3 Å². The Kier molecular flexibility index (Phi) is 7.67. The van der Waals surface area contributed by atoms with Gasteiger partial charge in [0.25, 0.3) is 5.91 Å². The molecule has 0 fully saturated rings. The number of thiazole rings is 1. The Balaban J connectivity index is 1.34. The lowest BCUT2D eigenvalue weighted by molar-refractivity contribution is 0.0706. The normalized spacial score (nSPS) is 11.6. The number of aromatic nitrogens is 1. The molecule has 38 heavy (non-hydrogen) atoms. The molecule has 5 rings (SSSR count). The van der Waals surface area contributed by atoms with Gasteiger partial charge in [-0.05, 0) is 71.8 Å². The van der Waals surface area contributed by atoms with E-state index in [1.54, 1.807) is 28.9 Å². The van der Waals surface area contributed by atoms with Crippen LogP contribution in [0.3, 0.4) is 0 Å². The lowest BCUT2D eigenvalue weighted by Gasteiger charge is -2.12. The average molecular weight is 524 g/mol. The van der Waals surface area contributed by atoms with E-state index in [4.69, 9.17) is 14.9 Å². The summed E-state index contributed by atoms with van der Waals surface area (Å²) in [7, 11) is 0. The summed E-state index contributed by atoms with van der Waals surface area (Å²) in [5.41, 5.74) is 7.65. The SMILES string of the molecule is Cc1cc2nc(NCC(=Cc3ccc(C(=O)NO)cc3)CCOc3cccc4ccccc34)sc2cc1C. The maximum atomic E-state index is 11.7. The summed E-state index contributed by atoms with van der Waals surface area (Å²) < 4.78 is 7.38. The van der Waals surface area contributed by atoms with Crippen molar-refractivity contribution >= 4 is 49.4 Å². The first-order valence-corrected chi connectivity index (χ1v) is 13.3. The third kappa shape index (κ3) is 5.85. The Bertz CT molecular complexity index is 1580. The van der Waals surface area contributed by atoms with E-state index in [0.29, 0.717) is 25.1 Å². The van der Waals surface area contributed by atoms with E-state index in [2.05, 4.69) is 55.6 Å². The quantitative estimate of drug-likeness (QED) is 0.141. The molecule has 0 unspecified atom stereocenters. The minimum absolute atomic E-state index is 0.392. The Morgan fingerprint density at radius 3 is 2.58 bits per heavy atom. The molecule has 3 N–H and O–H groups in total. The third-order valence-electron chi connectivity index (χ3n) is 6.55. The van der Waals surface area contributed by atoms with E-state index in [0.717, 1.165) is 43.0 Å². The van der Waals surface area contributed by atoms with Gasteiger partial charge in [-0.3, -0.25) is 10.0 Å². The monoisotopic (exact) mass is 523 g/mol. The molecule has 1 aromatic heterocycles. The van der Waals surface area contributed by atoms with Crippen molar-refractivity contribution in [2.45, 2.75) is 20.3 Å². The molecule has 192 valence electrons. The van der Waals surface area contributed by atoms with Crippen molar-refractivity contribution in [1.29, 1.82) is 0 Å². The second kappa shape index (κ2) is 11.5. The summed E-state index contributed by atoms with van der Waals surface area (Å²) in [6.07, 6.45) is 2.81. The van der Waals surface area contributed by atoms with E-state index >= 15 is 0 Å². The minimum atomic E-state index is -0.535. The largest absolute Gasteiger partial charge is 0.493 e. The van der Waals surface area contributed by atoms with Gasteiger partial charge in [-0.25, -0.2) is 10.5 Å². The van der Waals surface area contributed by atoms with E-state index in [-0.39, 0.29) is 0 Å². The second-order valence-electron chi connectivity index (χ2n) is 9.22. The molecule has 6 nitrogen and oxygen atoms in total. The molecule has 0 atom stereocenters. The highest BCUT2D eigenvalue weighted by Crippen LogP contribution is 2.29. The van der Waals surface area contributed by atoms with Crippen LogP contribution in [0.5, 0.6) is 5.75 Å². The molecule has 1 amide bonds. The summed E-state index contributed by atoms with van der Waals surface area (Å²) >= 11 is 1.65. The van der Waals surface area contributed by atoms with Crippen LogP contribution < -0.4 is 15.5 Å². The lowest BCUT2D eigenvalue weighted by Crippen LogP contribution is -2.18. The maximum absolute atomic E-state index is 11.7. The summed E-state index contributed by atoms with van der Waals surface area (Å²) in [5.74, 6) is 0.332. The number of hydrogen-bond donors (Lipinski definition) is 3. The van der Waals surface area contributed by atoms with Gasteiger partial charge in [0.2, 0.25) is 0 Å². The molecule has 0 aliphatic heterocycles. The molecule has 7 heteroatoms. The second-order valence-corrected chi connectivity index (χ2v) is 10.2. The van der Waals surface area contributed by atoms with Gasteiger partial charge in [0.05, 0.1) is 16.8 Å². The topological polar surface area (TPSA) is 83.5 Å². The number of hydroxylamine groups is 1. The number of carbonyl (C=O) groups excluding carboxylic acids is 1. The standard InChI is InChI=1S/C31H29N3O3S/c1-20-16-27-29(17-21(20)2)38-31(33-27)32-19-23(18-22-10-12-25(13-11-22)30(35)34-36)14-15-37-28-9-5-7-24-6-3-4-8-26(24)28/h3-13,16-18,36H,14-15,19H2,1-2H3,(H,32,33)(H,34,35). The number of ether oxygens (including phenoxy) is 1. The number of carbonyl (C=O) groups is 1. The number of benzene rings is 4. The summed E-state index contributed by atoms with van der Waals surface area (Å²) in [5, 5.41) is 15.5. The molecule has 0 aliphatic rings. The number of nitrogens with zero attached hydrogens (tertiary/aromatic N) is 1. The van der Waals surface area contributed by atoms with Crippen LogP contribution >= 0.6 is 11.3 Å². The van der Waals surface area contributed by atoms with Gasteiger partial charge in [0, 0.05) is 23.9 Å². The smallest absolute Gasteiger partial charge is 0.274 e. The molecule has 0 saturated heterocycles. The Hall–Kier alpha value is -4.20. The van der Waals surface area contributed by atoms with Crippen LogP contribution in [0.2, 0.25) is 0 Å². The van der Waals surface area contributed by atoms with Crippen molar-refractivity contribution in [2.24, 2.45) is 0 Å². The first-order chi connectivity index (χ1) is 18.5. The molecule has 5 aromatic rings. The third-order valence-corrected chi connectivity index (χ3v) is 7.52. The van der Waals surface area contributed by atoms with Crippen molar-refractivity contribution in [3.05, 3.63) is 107 Å². The molecular weight excluding hydrogens is 494 g/mol. The van der Waals surface area contributed by atoms with Gasteiger partial charge in [-0.15, -0.1) is 0 Å². The van der Waals surface area contributed by atoms with Crippen LogP contribution in [0, 0.1) is 13.8 Å². The number of fused-ring (bicyclic) bond motifs is 2. The summed E-state index contributed by atoms with van der Waals surface area (Å²) in [4.78, 5) is 16.5. The fraction of sp³-hybridized carbons (Fsp3) is 0.161. The minimum Gasteiger partial charge on any atom is -0.493 e. The van der Waals surface area contributed by atoms with Crippen molar-refractivity contribution < 1.29 is 14.7 Å². The van der Waals surface area contributed by atoms with Crippen LogP contribution in [0.25, 0.3) is 27.1 Å². The van der Waals surface area contributed by atoms with Gasteiger partial charge in [-0.2, -0.15) is 0 Å². The summed E-state index contributed by atoms with van der Waals surface area (Å²) in [6, 6.07) is 25.7. The highest BCUT2D eigenvalue weighted by molar-refractivity contribution is 7.22. The molecule has 0 radical (unpaired) electrons. The van der Waals surface area contributed by atoms with Crippen molar-refractivity contribution in [3.8, 4) is 5.75 Å². The van der Waals surface area contributed by atoms with Crippen LogP contribution in [0.4, 0.5) is 5.13 Å². The first kappa shape index (κ1) is 25.4. The fourth-order valence-corrected chi connectivity index (χ4v) is 5.24. The number of nitrogens with one attached hydrogen (secondary N) is 2. The Morgan fingerprint density at radius 1 is 1.00 bits per heavy atom. The molecule has 0 spiro atoms. The van der Waals surface area contributed by atoms with Gasteiger partial charge in [0.15, 0.2) is 5.13 Å². The molecule has 0 bridgehead atoms. The Labute approximate surface area is 225 Å². The van der Waals surface area contributed by atoms with Crippen LogP contribution in [0.15, 0.2) is 84.4 Å². The van der Waals surface area contributed by atoms with Gasteiger partial charge in [-0.1, -0.05) is 65.9 Å². The van der Waals surface area contributed by atoms with Crippen molar-refractivity contribution in [1.82, 2.24) is 10.5 Å². The molecule has 0 aliphatic carbocycles. The number of rotatable bonds is 9. The summed E-state index contributed by atoms with van der Waals surface area (Å²) in [6.45, 7) is 5.35. The predicted octanol–water partition coefficient (Wildman–Crippen LogP) is 7.15. The zero-order chi connectivity index (χ0) is 26.5. The van der Waals surface area contributed by atoms with Crippen molar-refractivity contribution in [3.63, 3.8) is 0 Å². The van der Waals surface area contributed by atoms with E-state index in [9.17, 15) is 4.79 Å². The average Bonchev–Trinajstić information content (AvgIpc) is 3.33. The Morgan fingerprint density at radius 2 is 1.76 bits per heavy atom. The number of aryl methyl sites for hydroxylation is 2. The van der Waals surface area contributed by atoms with Crippen LogP contribution in [-0.2, 0) is 0 Å². The first-order valence-electron chi connectivity index (χ1n) is 12.5. The number of anilines is 1. The molecule has 0 saturated carbocycles. The number of hydrogen-bond acceptors (Lipinski definition) is 6. The van der Waals surface area contributed by atoms with Gasteiger partial charge < -0.3 is 10.1 Å². The van der Waals surface area contributed by atoms with Gasteiger partial charge >= 0.3 is 0 Å². The van der Waals surface area contributed by atoms with Crippen LogP contribution in [0.1, 0.15) is 33.5 Å². The van der Waals surface area contributed by atoms with E-state index < -0.39 is 5.91 Å². The maximum Gasteiger partial charge on any atom is 0.274 e. The van der Waals surface area contributed by atoms with E-state index in [1.807, 2.05) is 36.4 Å². The van der Waals surface area contributed by atoms with Crippen molar-refractivity contribution in [2.75, 3.05) is 18.5 Å². The molecule has 4 aromatic carbocycles.